The monoisotopic (exact) mass is 269 g/mol. The van der Waals surface area contributed by atoms with E-state index in [1.807, 2.05) is 24.3 Å². The van der Waals surface area contributed by atoms with E-state index in [0.717, 1.165) is 17.7 Å². The third-order valence-corrected chi connectivity index (χ3v) is 3.48. The fraction of sp³-hybridized carbons (Fsp3) is 0.200. The maximum absolute atomic E-state index is 12.6. The maximum atomic E-state index is 12.6. The predicted molar refractivity (Wildman–Crippen MR) is 76.9 cm³/mol. The number of carbonyl (C=O) groups excluding carboxylic acids is 1. The van der Waals surface area contributed by atoms with Gasteiger partial charge in [-0.3, -0.25) is 9.59 Å². The summed E-state index contributed by atoms with van der Waals surface area (Å²) in [5.74, 6) is -0.311. The number of pyridine rings is 1. The molecule has 1 amide bonds. The molecule has 0 saturated carbocycles. The van der Waals surface area contributed by atoms with Crippen LogP contribution in [0.15, 0.2) is 47.4 Å². The zero-order valence-electron chi connectivity index (χ0n) is 10.9. The number of benzene rings is 1. The molecule has 5 heteroatoms. The summed E-state index contributed by atoms with van der Waals surface area (Å²) in [6.07, 6.45) is 2.25. The van der Waals surface area contributed by atoms with E-state index in [0.29, 0.717) is 6.54 Å². The Bertz CT molecular complexity index is 708. The second kappa shape index (κ2) is 4.94. The van der Waals surface area contributed by atoms with Crippen molar-refractivity contribution in [3.8, 4) is 0 Å². The topological polar surface area (TPSA) is 79.2 Å². The van der Waals surface area contributed by atoms with Gasteiger partial charge in [-0.05, 0) is 30.2 Å². The average Bonchev–Trinajstić information content (AvgIpc) is 2.46. The Morgan fingerprint density at radius 1 is 1.25 bits per heavy atom. The fourth-order valence-electron chi connectivity index (χ4n) is 2.55. The molecule has 102 valence electrons. The minimum atomic E-state index is -0.380. The van der Waals surface area contributed by atoms with Gasteiger partial charge in [-0.25, -0.2) is 0 Å². The largest absolute Gasteiger partial charge is 0.328 e. The summed E-state index contributed by atoms with van der Waals surface area (Å²) in [7, 11) is 0. The molecule has 3 rings (SSSR count). The molecule has 1 aromatic carbocycles. The number of aromatic amines is 1. The van der Waals surface area contributed by atoms with Crippen molar-refractivity contribution in [3.63, 3.8) is 0 Å². The molecule has 0 fully saturated rings. The van der Waals surface area contributed by atoms with Crippen molar-refractivity contribution < 1.29 is 4.79 Å². The van der Waals surface area contributed by atoms with Gasteiger partial charge >= 0.3 is 0 Å². The molecule has 0 saturated heterocycles. The van der Waals surface area contributed by atoms with Gasteiger partial charge in [-0.15, -0.1) is 0 Å². The minimum Gasteiger partial charge on any atom is -0.328 e. The number of aromatic nitrogens is 1. The van der Waals surface area contributed by atoms with Crippen molar-refractivity contribution in [1.82, 2.24) is 4.98 Å². The Morgan fingerprint density at radius 2 is 2.05 bits per heavy atom. The smallest absolute Gasteiger partial charge is 0.263 e. The van der Waals surface area contributed by atoms with Crippen molar-refractivity contribution in [3.05, 3.63) is 64.1 Å². The lowest BCUT2D eigenvalue weighted by atomic mass is 9.98. The van der Waals surface area contributed by atoms with Gasteiger partial charge in [-0.1, -0.05) is 18.2 Å². The summed E-state index contributed by atoms with van der Waals surface area (Å²) in [4.78, 5) is 28.5. The van der Waals surface area contributed by atoms with E-state index in [-0.39, 0.29) is 23.1 Å². The van der Waals surface area contributed by atoms with Crippen LogP contribution in [0.1, 0.15) is 15.9 Å². The van der Waals surface area contributed by atoms with Crippen molar-refractivity contribution in [2.24, 2.45) is 5.73 Å². The fourth-order valence-corrected chi connectivity index (χ4v) is 2.55. The first-order valence-corrected chi connectivity index (χ1v) is 6.50. The predicted octanol–water partition coefficient (Wildman–Crippen LogP) is 0.905. The van der Waals surface area contributed by atoms with E-state index in [9.17, 15) is 9.59 Å². The van der Waals surface area contributed by atoms with Gasteiger partial charge in [0.05, 0.1) is 0 Å². The van der Waals surface area contributed by atoms with Crippen molar-refractivity contribution in [2.75, 3.05) is 11.4 Å². The first-order chi connectivity index (χ1) is 9.66. The van der Waals surface area contributed by atoms with Gasteiger partial charge in [0.25, 0.3) is 11.5 Å². The van der Waals surface area contributed by atoms with Gasteiger partial charge in [-0.2, -0.15) is 0 Å². The summed E-state index contributed by atoms with van der Waals surface area (Å²) in [5, 5.41) is 0. The molecule has 1 aromatic heterocycles. The van der Waals surface area contributed by atoms with Crippen molar-refractivity contribution in [2.45, 2.75) is 12.5 Å². The molecule has 5 nitrogen and oxygen atoms in total. The van der Waals surface area contributed by atoms with Crippen LogP contribution in [0.5, 0.6) is 0 Å². The lowest BCUT2D eigenvalue weighted by Gasteiger charge is -2.32. The van der Waals surface area contributed by atoms with Crippen molar-refractivity contribution >= 4 is 11.6 Å². The van der Waals surface area contributed by atoms with Crippen LogP contribution >= 0.6 is 0 Å². The van der Waals surface area contributed by atoms with E-state index < -0.39 is 0 Å². The number of hydrogen-bond acceptors (Lipinski definition) is 3. The van der Waals surface area contributed by atoms with E-state index in [2.05, 4.69) is 4.98 Å². The summed E-state index contributed by atoms with van der Waals surface area (Å²) >= 11 is 0. The molecule has 20 heavy (non-hydrogen) atoms. The molecule has 1 aliphatic heterocycles. The van der Waals surface area contributed by atoms with Crippen LogP contribution < -0.4 is 16.2 Å². The number of nitrogens with one attached hydrogen (secondary N) is 1. The molecule has 0 spiro atoms. The van der Waals surface area contributed by atoms with E-state index in [1.54, 1.807) is 11.0 Å². The average molecular weight is 269 g/mol. The molecular weight excluding hydrogens is 254 g/mol. The summed E-state index contributed by atoms with van der Waals surface area (Å²) in [5.41, 5.74) is 7.64. The quantitative estimate of drug-likeness (QED) is 0.807. The Labute approximate surface area is 116 Å². The number of hydrogen-bond donors (Lipinski definition) is 2. The van der Waals surface area contributed by atoms with Gasteiger partial charge in [0.15, 0.2) is 0 Å². The van der Waals surface area contributed by atoms with Crippen LogP contribution in [0.3, 0.4) is 0 Å². The molecular formula is C15H15N3O2. The number of amides is 1. The molecule has 1 aliphatic rings. The molecule has 1 atom stereocenters. The highest BCUT2D eigenvalue weighted by Gasteiger charge is 2.28. The minimum absolute atomic E-state index is 0.114. The number of fused-ring (bicyclic) bond motifs is 1. The van der Waals surface area contributed by atoms with Crippen LogP contribution in [0.25, 0.3) is 0 Å². The number of anilines is 1. The van der Waals surface area contributed by atoms with Crippen LogP contribution in [-0.4, -0.2) is 23.5 Å². The molecule has 2 aromatic rings. The molecule has 3 N–H and O–H groups in total. The van der Waals surface area contributed by atoms with Gasteiger partial charge in [0.2, 0.25) is 0 Å². The SMILES string of the molecule is NC1Cc2ccccc2N(C(=O)c2ccc[nH]c2=O)C1. The Hall–Kier alpha value is -2.40. The maximum Gasteiger partial charge on any atom is 0.263 e. The second-order valence-electron chi connectivity index (χ2n) is 4.92. The number of nitrogens with two attached hydrogens (primary N) is 1. The van der Waals surface area contributed by atoms with Crippen LogP contribution in [0, 0.1) is 0 Å². The highest BCUT2D eigenvalue weighted by atomic mass is 16.2. The first kappa shape index (κ1) is 12.6. The van der Waals surface area contributed by atoms with E-state index >= 15 is 0 Å². The van der Waals surface area contributed by atoms with Gasteiger partial charge < -0.3 is 15.6 Å². The van der Waals surface area contributed by atoms with E-state index in [4.69, 9.17) is 5.73 Å². The summed E-state index contributed by atoms with van der Waals surface area (Å²) in [6, 6.07) is 10.7. The molecule has 0 radical (unpaired) electrons. The standard InChI is InChI=1S/C15H15N3O2/c16-11-8-10-4-1-2-6-13(10)18(9-11)15(20)12-5-3-7-17-14(12)19/h1-7,11H,8-9,16H2,(H,17,19). The van der Waals surface area contributed by atoms with Crippen LogP contribution in [0.4, 0.5) is 5.69 Å². The van der Waals surface area contributed by atoms with Crippen molar-refractivity contribution in [1.29, 1.82) is 0 Å². The Kier molecular flexibility index (Phi) is 3.12. The molecule has 0 bridgehead atoms. The third-order valence-electron chi connectivity index (χ3n) is 3.48. The first-order valence-electron chi connectivity index (χ1n) is 6.50. The van der Waals surface area contributed by atoms with Crippen LogP contribution in [-0.2, 0) is 6.42 Å². The highest BCUT2D eigenvalue weighted by Crippen LogP contribution is 2.27. The highest BCUT2D eigenvalue weighted by molar-refractivity contribution is 6.06. The number of para-hydroxylation sites is 1. The number of carbonyl (C=O) groups is 1. The lowest BCUT2D eigenvalue weighted by Crippen LogP contribution is -2.47. The Morgan fingerprint density at radius 3 is 2.85 bits per heavy atom. The second-order valence-corrected chi connectivity index (χ2v) is 4.92. The Balaban J connectivity index is 2.05. The zero-order valence-corrected chi connectivity index (χ0v) is 10.9. The molecule has 1 unspecified atom stereocenters. The van der Waals surface area contributed by atoms with Crippen LogP contribution in [0.2, 0.25) is 0 Å². The summed E-state index contributed by atoms with van der Waals surface area (Å²) < 4.78 is 0. The zero-order chi connectivity index (χ0) is 14.1. The molecule has 2 heterocycles. The summed E-state index contributed by atoms with van der Waals surface area (Å²) in [6.45, 7) is 0.421. The number of H-pyrrole nitrogens is 1. The molecule has 0 aliphatic carbocycles. The third kappa shape index (κ3) is 2.12. The number of rotatable bonds is 1. The lowest BCUT2D eigenvalue weighted by molar-refractivity contribution is 0.0982. The normalized spacial score (nSPS) is 17.6. The number of nitrogens with zero attached hydrogens (tertiary/aromatic N) is 1. The van der Waals surface area contributed by atoms with E-state index in [1.165, 1.54) is 12.3 Å². The van der Waals surface area contributed by atoms with Gasteiger partial charge in [0.1, 0.15) is 5.56 Å². The van der Waals surface area contributed by atoms with Gasteiger partial charge in [0, 0.05) is 24.5 Å².